The van der Waals surface area contributed by atoms with Gasteiger partial charge in [-0.15, -0.1) is 0 Å². The summed E-state index contributed by atoms with van der Waals surface area (Å²) in [6.45, 7) is 4.63. The number of hydrogen-bond donors (Lipinski definition) is 4. The third-order valence-electron chi connectivity index (χ3n) is 13.9. The lowest BCUT2D eigenvalue weighted by Crippen LogP contribution is -2.59. The molecule has 9 heteroatoms. The number of rotatable bonds is 52. The zero-order valence-corrected chi connectivity index (χ0v) is 44.2. The van der Waals surface area contributed by atoms with Gasteiger partial charge >= 0.3 is 5.97 Å². The van der Waals surface area contributed by atoms with E-state index in [1.807, 2.05) is 0 Å². The van der Waals surface area contributed by atoms with Gasteiger partial charge in [-0.05, 0) is 38.5 Å². The van der Waals surface area contributed by atoms with E-state index < -0.39 is 43.4 Å². The van der Waals surface area contributed by atoms with Crippen LogP contribution in [0.1, 0.15) is 290 Å². The van der Waals surface area contributed by atoms with Crippen LogP contribution >= 0.6 is 0 Å². The van der Waals surface area contributed by atoms with Crippen molar-refractivity contribution in [2.24, 2.45) is 0 Å². The summed E-state index contributed by atoms with van der Waals surface area (Å²) < 4.78 is 23.0. The number of aliphatic hydroxyl groups excluding tert-OH is 4. The summed E-state index contributed by atoms with van der Waals surface area (Å²) in [5.41, 5.74) is 0. The second-order valence-electron chi connectivity index (χ2n) is 20.5. The molecule has 0 aliphatic carbocycles. The molecule has 398 valence electrons. The van der Waals surface area contributed by atoms with E-state index in [0.29, 0.717) is 13.0 Å². The van der Waals surface area contributed by atoms with Gasteiger partial charge in [0.25, 0.3) is 0 Å². The quantitative estimate of drug-likeness (QED) is 0.0267. The van der Waals surface area contributed by atoms with Gasteiger partial charge in [-0.1, -0.05) is 257 Å². The van der Waals surface area contributed by atoms with Crippen molar-refractivity contribution in [1.29, 1.82) is 0 Å². The molecule has 1 rings (SSSR count). The monoisotopic (exact) mass is 953 g/mol. The fourth-order valence-electron chi connectivity index (χ4n) is 9.37. The second-order valence-corrected chi connectivity index (χ2v) is 20.5. The third kappa shape index (κ3) is 40.2. The highest BCUT2D eigenvalue weighted by atomic mass is 16.7. The molecule has 1 heterocycles. The summed E-state index contributed by atoms with van der Waals surface area (Å²) in [5, 5.41) is 40.3. The molecule has 0 aromatic rings. The third-order valence-corrected chi connectivity index (χ3v) is 13.9. The molecule has 0 aromatic heterocycles. The maximum Gasteiger partial charge on any atom is 0.306 e. The molecule has 9 nitrogen and oxygen atoms in total. The van der Waals surface area contributed by atoms with Crippen molar-refractivity contribution in [3.63, 3.8) is 0 Å². The molecule has 6 atom stereocenters. The molecule has 1 aliphatic rings. The van der Waals surface area contributed by atoms with Crippen LogP contribution in [0.25, 0.3) is 0 Å². The van der Waals surface area contributed by atoms with Crippen molar-refractivity contribution in [3.8, 4) is 0 Å². The first-order valence-electron chi connectivity index (χ1n) is 29.3. The molecular weight excluding hydrogens is 841 g/mol. The Balaban J connectivity index is 2.13. The minimum atomic E-state index is -1.53. The minimum Gasteiger partial charge on any atom is -0.457 e. The first-order valence-corrected chi connectivity index (χ1v) is 29.3. The molecule has 0 amide bonds. The van der Waals surface area contributed by atoms with Crippen LogP contribution in [0.15, 0.2) is 12.2 Å². The summed E-state index contributed by atoms with van der Waals surface area (Å²) in [4.78, 5) is 12.9. The van der Waals surface area contributed by atoms with Crippen LogP contribution in [0.4, 0.5) is 0 Å². The van der Waals surface area contributed by atoms with Gasteiger partial charge in [0.05, 0.1) is 19.8 Å². The fraction of sp³-hybridized carbons (Fsp3) is 0.948. The molecule has 0 bridgehead atoms. The Hall–Kier alpha value is -1.07. The van der Waals surface area contributed by atoms with Crippen LogP contribution in [0.5, 0.6) is 0 Å². The van der Waals surface area contributed by atoms with E-state index in [4.69, 9.17) is 18.9 Å². The molecule has 0 spiro atoms. The van der Waals surface area contributed by atoms with Gasteiger partial charge in [-0.3, -0.25) is 4.79 Å². The number of carbonyl (C=O) groups is 1. The summed E-state index contributed by atoms with van der Waals surface area (Å²) in [7, 11) is 0. The summed E-state index contributed by atoms with van der Waals surface area (Å²) in [6, 6.07) is 0. The summed E-state index contributed by atoms with van der Waals surface area (Å²) in [5.74, 6) is -0.308. The standard InChI is InChI=1S/C58H112O9/c1-3-5-7-9-11-13-15-17-19-21-23-25-26-28-30-32-34-36-38-40-42-44-46-48-64-50-52(51-65-58-57(63)56(62)55(61)53(49-59)67-58)66-54(60)47-45-43-41-39-37-35-33-31-29-27-24-22-20-18-16-14-12-10-8-6-4-2/h22,24,52-53,55-59,61-63H,3-21,23,25-51H2,1-2H3/b24-22-. The highest BCUT2D eigenvalue weighted by Gasteiger charge is 2.44. The zero-order chi connectivity index (χ0) is 48.5. The molecule has 6 unspecified atom stereocenters. The van der Waals surface area contributed by atoms with E-state index in [1.54, 1.807) is 0 Å². The Morgan fingerprint density at radius 1 is 0.463 bits per heavy atom. The molecule has 67 heavy (non-hydrogen) atoms. The Morgan fingerprint density at radius 3 is 1.21 bits per heavy atom. The highest BCUT2D eigenvalue weighted by Crippen LogP contribution is 2.23. The number of ether oxygens (including phenoxy) is 4. The maximum absolute atomic E-state index is 12.9. The smallest absolute Gasteiger partial charge is 0.306 e. The van der Waals surface area contributed by atoms with E-state index in [2.05, 4.69) is 26.0 Å². The van der Waals surface area contributed by atoms with E-state index in [9.17, 15) is 25.2 Å². The topological polar surface area (TPSA) is 135 Å². The van der Waals surface area contributed by atoms with Crippen LogP contribution in [0, 0.1) is 0 Å². The van der Waals surface area contributed by atoms with Gasteiger partial charge in [0.1, 0.15) is 30.5 Å². The number of aliphatic hydroxyl groups is 4. The minimum absolute atomic E-state index is 0.108. The van der Waals surface area contributed by atoms with Crippen molar-refractivity contribution in [1.82, 2.24) is 0 Å². The van der Waals surface area contributed by atoms with Crippen LogP contribution in [-0.2, 0) is 23.7 Å². The lowest BCUT2D eigenvalue weighted by molar-refractivity contribution is -0.305. The largest absolute Gasteiger partial charge is 0.457 e. The van der Waals surface area contributed by atoms with Crippen LogP contribution in [-0.4, -0.2) is 89.6 Å². The van der Waals surface area contributed by atoms with Gasteiger partial charge in [-0.25, -0.2) is 0 Å². The van der Waals surface area contributed by atoms with Crippen molar-refractivity contribution < 1.29 is 44.2 Å². The second kappa shape index (κ2) is 49.9. The van der Waals surface area contributed by atoms with Gasteiger partial charge in [0.15, 0.2) is 6.29 Å². The number of esters is 1. The average molecular weight is 954 g/mol. The molecule has 1 aliphatic heterocycles. The molecule has 0 aromatic carbocycles. The van der Waals surface area contributed by atoms with Gasteiger partial charge in [0, 0.05) is 13.0 Å². The lowest BCUT2D eigenvalue weighted by Gasteiger charge is -2.39. The molecule has 4 N–H and O–H groups in total. The lowest BCUT2D eigenvalue weighted by atomic mass is 9.99. The molecule has 0 radical (unpaired) electrons. The number of unbranched alkanes of at least 4 members (excludes halogenated alkanes) is 39. The van der Waals surface area contributed by atoms with Gasteiger partial charge in [-0.2, -0.15) is 0 Å². The number of carbonyl (C=O) groups excluding carboxylic acids is 1. The first kappa shape index (κ1) is 63.9. The average Bonchev–Trinajstić information content (AvgIpc) is 3.33. The van der Waals surface area contributed by atoms with Crippen molar-refractivity contribution in [2.75, 3.05) is 26.4 Å². The zero-order valence-electron chi connectivity index (χ0n) is 44.2. The van der Waals surface area contributed by atoms with Crippen LogP contribution < -0.4 is 0 Å². The SMILES string of the molecule is CCCCCCCCCC/C=C\CCCCCCCCCCCC(=O)OC(COCCCCCCCCCCCCCCCCCCCCCCCCC)COC1OC(CO)C(O)C(O)C1O. The summed E-state index contributed by atoms with van der Waals surface area (Å²) >= 11 is 0. The number of hydrogen-bond acceptors (Lipinski definition) is 9. The number of allylic oxidation sites excluding steroid dienone is 2. The van der Waals surface area contributed by atoms with E-state index >= 15 is 0 Å². The molecule has 0 saturated carbocycles. The summed E-state index contributed by atoms with van der Waals surface area (Å²) in [6.07, 6.45) is 52.6. The predicted molar refractivity (Wildman–Crippen MR) is 279 cm³/mol. The van der Waals surface area contributed by atoms with Crippen molar-refractivity contribution in [3.05, 3.63) is 12.2 Å². The van der Waals surface area contributed by atoms with E-state index in [-0.39, 0.29) is 19.2 Å². The molecule has 1 saturated heterocycles. The first-order chi connectivity index (χ1) is 32.9. The highest BCUT2D eigenvalue weighted by molar-refractivity contribution is 5.69. The molecule has 1 fully saturated rings. The van der Waals surface area contributed by atoms with Crippen molar-refractivity contribution >= 4 is 5.97 Å². The molecular formula is C58H112O9. The van der Waals surface area contributed by atoms with Crippen LogP contribution in [0.2, 0.25) is 0 Å². The van der Waals surface area contributed by atoms with Gasteiger partial charge in [0.2, 0.25) is 0 Å². The van der Waals surface area contributed by atoms with Crippen molar-refractivity contribution in [2.45, 2.75) is 327 Å². The maximum atomic E-state index is 12.9. The Kier molecular flexibility index (Phi) is 47.6. The fourth-order valence-corrected chi connectivity index (χ4v) is 9.37. The Labute approximate surface area is 414 Å². The van der Waals surface area contributed by atoms with Gasteiger partial charge < -0.3 is 39.4 Å². The Bertz CT molecular complexity index is 1040. The Morgan fingerprint density at radius 2 is 0.821 bits per heavy atom. The predicted octanol–water partition coefficient (Wildman–Crippen LogP) is 15.1. The van der Waals surface area contributed by atoms with E-state index in [1.165, 1.54) is 238 Å². The van der Waals surface area contributed by atoms with E-state index in [0.717, 1.165) is 32.1 Å². The normalized spacial score (nSPS) is 19.2. The van der Waals surface area contributed by atoms with Crippen LogP contribution in [0.3, 0.4) is 0 Å².